The number of pyridine rings is 1. The fourth-order valence-electron chi connectivity index (χ4n) is 0.396. The van der Waals surface area contributed by atoms with Gasteiger partial charge in [0, 0.05) is 59.4 Å². The van der Waals surface area contributed by atoms with Crippen LogP contribution < -0.4 is 60.2 Å². The normalized spacial score (nSPS) is 9.19. The van der Waals surface area contributed by atoms with Gasteiger partial charge in [0.15, 0.2) is 0 Å². The molecule has 0 atom stereocenters. The Labute approximate surface area is 173 Å². The second-order valence-electron chi connectivity index (χ2n) is 3.16. The summed E-state index contributed by atoms with van der Waals surface area (Å²) in [6.45, 7) is 2.39. The third-order valence-electron chi connectivity index (χ3n) is 1.06. The van der Waals surface area contributed by atoms with Gasteiger partial charge >= 0.3 is 16.7 Å². The Hall–Kier alpha value is -0.224. The van der Waals surface area contributed by atoms with Crippen LogP contribution in [0.1, 0.15) is 0 Å². The largest absolute Gasteiger partial charge is 0.527 e. The van der Waals surface area contributed by atoms with Gasteiger partial charge in [-0.3, -0.25) is 0 Å². The van der Waals surface area contributed by atoms with E-state index in [9.17, 15) is 4.21 Å². The molecule has 165 valence electrons. The monoisotopic (exact) mass is 503 g/mol. The van der Waals surface area contributed by atoms with Crippen LogP contribution in [-0.2, 0) is 32.7 Å². The Kier molecular flexibility index (Phi) is 35.8. The zero-order valence-electron chi connectivity index (χ0n) is 13.6. The molecule has 0 fully saturated rings. The minimum atomic E-state index is -4.94. The molecule has 0 aromatic carbocycles. The van der Waals surface area contributed by atoms with E-state index in [1.165, 1.54) is 0 Å². The molecule has 0 saturated carbocycles. The van der Waals surface area contributed by atoms with E-state index >= 15 is 0 Å². The van der Waals surface area contributed by atoms with Crippen molar-refractivity contribution in [2.24, 2.45) is 22.9 Å². The molecule has 0 aliphatic rings. The van der Waals surface area contributed by atoms with Crippen LogP contribution in [0.5, 0.6) is 0 Å². The second kappa shape index (κ2) is 25.8. The molecule has 0 amide bonds. The summed E-state index contributed by atoms with van der Waals surface area (Å²) < 4.78 is 77.9. The van der Waals surface area contributed by atoms with Crippen molar-refractivity contribution in [1.82, 2.24) is 4.98 Å². The zero-order chi connectivity index (χ0) is 21.6. The van der Waals surface area contributed by atoms with Crippen LogP contribution in [0.3, 0.4) is 0 Å². The summed E-state index contributed by atoms with van der Waals surface area (Å²) in [6.07, 6.45) is 1.60. The number of rotatable bonds is 3. The standard InChI is InChI=1S/C5H4NOS.2C2H8N2.2ClHO4.Co/c7-8-5-3-1-2-4-6-5;2*3-1-2-4;2*2-1(3,4)5;/h1-4H;2*1-4H2;2*(H,2,3,4,5);/q+1;;;;;/p-2. The number of aromatic nitrogens is 1. The second-order valence-corrected chi connectivity index (χ2v) is 5.26. The van der Waals surface area contributed by atoms with Crippen LogP contribution in [0.4, 0.5) is 0 Å². The van der Waals surface area contributed by atoms with Crippen molar-refractivity contribution in [2.75, 3.05) is 26.2 Å². The molecule has 0 spiro atoms. The minimum absolute atomic E-state index is 0. The van der Waals surface area contributed by atoms with Crippen LogP contribution in [0.2, 0.25) is 0 Å². The maximum atomic E-state index is 9.99. The predicted octanol–water partition coefficient (Wildman–Crippen LogP) is -10.8. The molecule has 27 heavy (non-hydrogen) atoms. The Morgan fingerprint density at radius 3 is 1.19 bits per heavy atom. The Balaban J connectivity index is -0.0000000767. The molecule has 1 aromatic rings. The summed E-state index contributed by atoms with van der Waals surface area (Å²) >= 11 is 0.408. The van der Waals surface area contributed by atoms with E-state index in [0.717, 1.165) is 0 Å². The van der Waals surface area contributed by atoms with Crippen molar-refractivity contribution < 1.29 is 78.7 Å². The molecule has 0 aliphatic carbocycles. The molecule has 0 saturated heterocycles. The van der Waals surface area contributed by atoms with Crippen molar-refractivity contribution in [3.05, 3.63) is 24.4 Å². The first kappa shape index (κ1) is 37.5. The quantitative estimate of drug-likeness (QED) is 0.278. The summed E-state index contributed by atoms with van der Waals surface area (Å²) in [5, 5.41) is 0.521. The smallest absolute Gasteiger partial charge is 0.329 e. The van der Waals surface area contributed by atoms with E-state index in [2.05, 4.69) is 4.98 Å². The zero-order valence-corrected chi connectivity index (χ0v) is 16.9. The average molecular weight is 504 g/mol. The Morgan fingerprint density at radius 2 is 1.07 bits per heavy atom. The number of nitrogens with zero attached hydrogens (tertiary/aromatic N) is 1. The molecule has 1 heterocycles. The molecular weight excluding hydrogens is 484 g/mol. The van der Waals surface area contributed by atoms with Gasteiger partial charge in [-0.1, -0.05) is 6.07 Å². The van der Waals surface area contributed by atoms with E-state index < -0.39 is 20.5 Å². The first-order valence-electron chi connectivity index (χ1n) is 6.01. The van der Waals surface area contributed by atoms with E-state index in [1.807, 2.05) is 0 Å². The summed E-state index contributed by atoms with van der Waals surface area (Å²) in [5.41, 5.74) is 19.6. The fraction of sp³-hybridized carbons (Fsp3) is 0.444. The Morgan fingerprint density at radius 1 is 0.778 bits per heavy atom. The van der Waals surface area contributed by atoms with Crippen LogP contribution in [-0.4, -0.2) is 31.2 Å². The molecule has 0 bridgehead atoms. The van der Waals surface area contributed by atoms with E-state index in [0.29, 0.717) is 42.9 Å². The van der Waals surface area contributed by atoms with Gasteiger partial charge in [-0.25, -0.2) is 37.3 Å². The van der Waals surface area contributed by atoms with Crippen molar-refractivity contribution in [3.63, 3.8) is 0 Å². The number of hydrogen-bond donors (Lipinski definition) is 4. The maximum absolute atomic E-state index is 9.99. The molecule has 14 nitrogen and oxygen atoms in total. The van der Waals surface area contributed by atoms with Crippen LogP contribution in [0.25, 0.3) is 0 Å². The molecule has 1 aromatic heterocycles. The van der Waals surface area contributed by atoms with E-state index in [1.54, 1.807) is 24.4 Å². The van der Waals surface area contributed by atoms with Gasteiger partial charge < -0.3 is 22.9 Å². The van der Waals surface area contributed by atoms with E-state index in [4.69, 9.17) is 60.2 Å². The van der Waals surface area contributed by atoms with Crippen molar-refractivity contribution in [3.8, 4) is 0 Å². The van der Waals surface area contributed by atoms with Gasteiger partial charge in [0.2, 0.25) is 0 Å². The molecule has 0 aliphatic heterocycles. The first-order chi connectivity index (χ1) is 11.8. The van der Waals surface area contributed by atoms with Crippen LogP contribution in [0.15, 0.2) is 29.4 Å². The molecule has 1 rings (SSSR count). The molecule has 1 radical (unpaired) electrons. The van der Waals surface area contributed by atoms with Gasteiger partial charge in [-0.05, 0) is 6.07 Å². The molecular formula is C9H20Cl2CoN5O9S-. The number of nitrogens with two attached hydrogens (primary N) is 4. The van der Waals surface area contributed by atoms with E-state index in [-0.39, 0.29) is 16.8 Å². The topological polar surface area (TPSA) is 319 Å². The van der Waals surface area contributed by atoms with Crippen molar-refractivity contribution in [2.45, 2.75) is 5.03 Å². The summed E-state index contributed by atoms with van der Waals surface area (Å²) in [5.74, 6) is 0. The average Bonchev–Trinajstić information content (AvgIpc) is 2.53. The van der Waals surface area contributed by atoms with Crippen LogP contribution >= 0.6 is 0 Å². The minimum Gasteiger partial charge on any atom is -0.329 e. The fourth-order valence-corrected chi connectivity index (χ4v) is 0.634. The van der Waals surface area contributed by atoms with Crippen molar-refractivity contribution in [1.29, 1.82) is 0 Å². The number of halogens is 2. The van der Waals surface area contributed by atoms with Crippen molar-refractivity contribution >= 4 is 11.7 Å². The third kappa shape index (κ3) is 105. The van der Waals surface area contributed by atoms with Gasteiger partial charge in [-0.15, -0.1) is 20.5 Å². The summed E-state index contributed by atoms with van der Waals surface area (Å²) in [6, 6.07) is 5.24. The predicted molar refractivity (Wildman–Crippen MR) is 66.8 cm³/mol. The third-order valence-corrected chi connectivity index (χ3v) is 1.47. The summed E-state index contributed by atoms with van der Waals surface area (Å²) in [7, 11) is -9.89. The van der Waals surface area contributed by atoms with Crippen LogP contribution in [0, 0.1) is 20.5 Å². The summed E-state index contributed by atoms with van der Waals surface area (Å²) in [4.78, 5) is 3.75. The maximum Gasteiger partial charge on any atom is 0.527 e. The van der Waals surface area contributed by atoms with Gasteiger partial charge in [0.05, 0.1) is 0 Å². The number of hydrogen-bond acceptors (Lipinski definition) is 14. The van der Waals surface area contributed by atoms with Gasteiger partial charge in [-0.2, -0.15) is 4.98 Å². The Bertz CT molecular complexity index is 372. The SMILES string of the molecule is NCCN.NCCN.O=[S+]c1ccccn1.[Co].[O-][Cl+3]([O-])([O-])[O-].[O-][Cl+3]([O-])([O-])[O-]. The molecule has 18 heteroatoms. The van der Waals surface area contributed by atoms with Gasteiger partial charge in [0.1, 0.15) is 0 Å². The van der Waals surface area contributed by atoms with Gasteiger partial charge in [0.25, 0.3) is 0 Å². The first-order valence-corrected chi connectivity index (χ1v) is 9.22. The molecule has 8 N–H and O–H groups in total. The molecule has 0 unspecified atom stereocenters.